The first kappa shape index (κ1) is 21.2. The number of non-ortho nitro benzene ring substituents is 1. The Hall–Kier alpha value is -2.55. The maximum Gasteiger partial charge on any atom is 0.269 e. The van der Waals surface area contributed by atoms with Crippen LogP contribution in [0.5, 0.6) is 0 Å². The highest BCUT2D eigenvalue weighted by Crippen LogP contribution is 2.33. The Balaban J connectivity index is 1.89. The summed E-state index contributed by atoms with van der Waals surface area (Å²) in [4.78, 5) is 31.8. The second kappa shape index (κ2) is 8.86. The molecule has 0 fully saturated rings. The minimum Gasteiger partial charge on any atom is -0.308 e. The molecule has 0 N–H and O–H groups in total. The number of likely N-dealkylation sites (N-methyl/N-ethyl adjacent to an activating group) is 1. The van der Waals surface area contributed by atoms with Gasteiger partial charge in [-0.1, -0.05) is 35.1 Å². The molecule has 152 valence electrons. The number of aromatic nitrogens is 1. The predicted molar refractivity (Wildman–Crippen MR) is 117 cm³/mol. The topological polar surface area (TPSA) is 79.6 Å². The fourth-order valence-electron chi connectivity index (χ4n) is 2.84. The Labute approximate surface area is 177 Å². The highest BCUT2D eigenvalue weighted by molar-refractivity contribution is 7.22. The van der Waals surface area contributed by atoms with Crippen molar-refractivity contribution < 1.29 is 9.72 Å². The quantitative estimate of drug-likeness (QED) is 0.410. The van der Waals surface area contributed by atoms with Crippen molar-refractivity contribution in [2.24, 2.45) is 0 Å². The molecule has 0 atom stereocenters. The average molecular weight is 433 g/mol. The lowest BCUT2D eigenvalue weighted by Crippen LogP contribution is -2.37. The van der Waals surface area contributed by atoms with Gasteiger partial charge >= 0.3 is 0 Å². The number of fused-ring (bicyclic) bond motifs is 1. The van der Waals surface area contributed by atoms with E-state index in [9.17, 15) is 14.9 Å². The molecule has 0 aliphatic carbocycles. The molecule has 0 radical (unpaired) electrons. The Morgan fingerprint density at radius 2 is 1.86 bits per heavy atom. The van der Waals surface area contributed by atoms with Crippen LogP contribution < -0.4 is 4.90 Å². The van der Waals surface area contributed by atoms with Crippen LogP contribution in [0.2, 0.25) is 5.02 Å². The number of nitro benzene ring substituents is 1. The van der Waals surface area contributed by atoms with Crippen LogP contribution in [-0.4, -0.2) is 47.9 Å². The summed E-state index contributed by atoms with van der Waals surface area (Å²) in [5.41, 5.74) is 2.41. The first-order chi connectivity index (χ1) is 13.8. The van der Waals surface area contributed by atoms with Crippen molar-refractivity contribution in [2.75, 3.05) is 32.1 Å². The van der Waals surface area contributed by atoms with Gasteiger partial charge in [-0.2, -0.15) is 0 Å². The number of thiazole rings is 1. The molecule has 3 aromatic rings. The molecule has 29 heavy (non-hydrogen) atoms. The van der Waals surface area contributed by atoms with Gasteiger partial charge in [-0.3, -0.25) is 19.8 Å². The molecule has 9 heteroatoms. The molecule has 0 spiro atoms. The van der Waals surface area contributed by atoms with Crippen LogP contribution in [0.25, 0.3) is 10.2 Å². The summed E-state index contributed by atoms with van der Waals surface area (Å²) in [5, 5.41) is 12.1. The largest absolute Gasteiger partial charge is 0.308 e. The lowest BCUT2D eigenvalue weighted by Gasteiger charge is -2.22. The molecule has 1 aromatic heterocycles. The maximum atomic E-state index is 13.1. The van der Waals surface area contributed by atoms with E-state index in [1.807, 2.05) is 38.1 Å². The number of anilines is 1. The Bertz CT molecular complexity index is 1050. The first-order valence-electron chi connectivity index (χ1n) is 9.00. The van der Waals surface area contributed by atoms with E-state index in [1.54, 1.807) is 17.0 Å². The predicted octanol–water partition coefficient (Wildman–Crippen LogP) is 4.30. The van der Waals surface area contributed by atoms with Crippen molar-refractivity contribution in [3.05, 3.63) is 62.7 Å². The van der Waals surface area contributed by atoms with Crippen LogP contribution in [-0.2, 0) is 11.2 Å². The molecule has 2 aromatic carbocycles. The highest BCUT2D eigenvalue weighted by atomic mass is 35.5. The minimum atomic E-state index is -0.455. The second-order valence-electron chi connectivity index (χ2n) is 6.96. The first-order valence-corrected chi connectivity index (χ1v) is 10.2. The zero-order chi connectivity index (χ0) is 21.1. The number of amides is 1. The number of nitrogens with zero attached hydrogens (tertiary/aromatic N) is 4. The van der Waals surface area contributed by atoms with E-state index in [0.717, 1.165) is 21.3 Å². The van der Waals surface area contributed by atoms with Crippen LogP contribution in [0.15, 0.2) is 36.4 Å². The van der Waals surface area contributed by atoms with Gasteiger partial charge in [-0.25, -0.2) is 4.98 Å². The molecule has 1 amide bonds. The van der Waals surface area contributed by atoms with Crippen molar-refractivity contribution in [3.8, 4) is 0 Å². The third kappa shape index (κ3) is 4.90. The average Bonchev–Trinajstić information content (AvgIpc) is 3.10. The molecule has 0 saturated carbocycles. The van der Waals surface area contributed by atoms with Crippen LogP contribution in [0.4, 0.5) is 10.8 Å². The summed E-state index contributed by atoms with van der Waals surface area (Å²) in [6.45, 7) is 3.09. The summed E-state index contributed by atoms with van der Waals surface area (Å²) in [5.74, 6) is -0.108. The van der Waals surface area contributed by atoms with Gasteiger partial charge in [-0.15, -0.1) is 0 Å². The van der Waals surface area contributed by atoms with Crippen molar-refractivity contribution >= 4 is 49.9 Å². The van der Waals surface area contributed by atoms with Crippen molar-refractivity contribution in [1.82, 2.24) is 9.88 Å². The van der Waals surface area contributed by atoms with Gasteiger partial charge in [0.15, 0.2) is 5.13 Å². The lowest BCUT2D eigenvalue weighted by molar-refractivity contribution is -0.384. The zero-order valence-electron chi connectivity index (χ0n) is 16.4. The van der Waals surface area contributed by atoms with Crippen LogP contribution in [0.1, 0.15) is 11.1 Å². The molecule has 7 nitrogen and oxygen atoms in total. The van der Waals surface area contributed by atoms with E-state index >= 15 is 0 Å². The van der Waals surface area contributed by atoms with E-state index in [2.05, 4.69) is 4.98 Å². The molecule has 3 rings (SSSR count). The number of benzene rings is 2. The summed E-state index contributed by atoms with van der Waals surface area (Å²) < 4.78 is 0.972. The maximum absolute atomic E-state index is 13.1. The van der Waals surface area contributed by atoms with Gasteiger partial charge in [0.25, 0.3) is 5.69 Å². The summed E-state index contributed by atoms with van der Waals surface area (Å²) in [6, 6.07) is 9.80. The van der Waals surface area contributed by atoms with Crippen molar-refractivity contribution in [3.63, 3.8) is 0 Å². The van der Waals surface area contributed by atoms with E-state index in [4.69, 9.17) is 11.6 Å². The molecule has 0 aliphatic heterocycles. The van der Waals surface area contributed by atoms with Crippen molar-refractivity contribution in [2.45, 2.75) is 13.3 Å². The SMILES string of the molecule is Cc1c(Cl)ccc2sc(N(CCN(C)C)C(=O)Cc3ccc([N+](=O)[O-])cc3)nc12. The van der Waals surface area contributed by atoms with Gasteiger partial charge in [0.2, 0.25) is 5.91 Å². The highest BCUT2D eigenvalue weighted by Gasteiger charge is 2.21. The summed E-state index contributed by atoms with van der Waals surface area (Å²) >= 11 is 7.67. The number of halogens is 1. The lowest BCUT2D eigenvalue weighted by atomic mass is 10.1. The number of nitro groups is 1. The number of carbonyl (C=O) groups is 1. The molecular weight excluding hydrogens is 412 g/mol. The van der Waals surface area contributed by atoms with E-state index in [-0.39, 0.29) is 18.0 Å². The zero-order valence-corrected chi connectivity index (χ0v) is 18.0. The molecule has 0 aliphatic rings. The van der Waals surface area contributed by atoms with Gasteiger partial charge in [0, 0.05) is 30.2 Å². The summed E-state index contributed by atoms with van der Waals surface area (Å²) in [7, 11) is 3.89. The normalized spacial score (nSPS) is 11.2. The Kier molecular flexibility index (Phi) is 6.46. The monoisotopic (exact) mass is 432 g/mol. The summed E-state index contributed by atoms with van der Waals surface area (Å²) in [6.07, 6.45) is 0.140. The standard InChI is InChI=1S/C20H21ClN4O3S/c1-13-16(21)8-9-17-19(13)22-20(29-17)24(11-10-23(2)3)18(26)12-14-4-6-15(7-5-14)25(27)28/h4-9H,10-12H2,1-3H3. The third-order valence-electron chi connectivity index (χ3n) is 4.54. The fourth-order valence-corrected chi connectivity index (χ4v) is 4.06. The number of hydrogen-bond donors (Lipinski definition) is 0. The van der Waals surface area contributed by atoms with Gasteiger partial charge in [0.1, 0.15) is 0 Å². The fraction of sp³-hybridized carbons (Fsp3) is 0.300. The van der Waals surface area contributed by atoms with Gasteiger partial charge in [-0.05, 0) is 44.3 Å². The number of rotatable bonds is 7. The smallest absolute Gasteiger partial charge is 0.269 e. The molecule has 0 saturated heterocycles. The second-order valence-corrected chi connectivity index (χ2v) is 8.38. The molecule has 1 heterocycles. The number of hydrogen-bond acceptors (Lipinski definition) is 6. The van der Waals surface area contributed by atoms with E-state index < -0.39 is 4.92 Å². The van der Waals surface area contributed by atoms with Crippen LogP contribution >= 0.6 is 22.9 Å². The minimum absolute atomic E-state index is 0.00388. The van der Waals surface area contributed by atoms with Crippen molar-refractivity contribution in [1.29, 1.82) is 0 Å². The van der Waals surface area contributed by atoms with E-state index in [1.165, 1.54) is 23.5 Å². The Morgan fingerprint density at radius 1 is 1.17 bits per heavy atom. The molecule has 0 bridgehead atoms. The number of aryl methyl sites for hydroxylation is 1. The molecule has 0 unspecified atom stereocenters. The van der Waals surface area contributed by atoms with Crippen LogP contribution in [0.3, 0.4) is 0 Å². The van der Waals surface area contributed by atoms with Gasteiger partial charge in [0.05, 0.1) is 21.6 Å². The van der Waals surface area contributed by atoms with Gasteiger partial charge < -0.3 is 4.90 Å². The van der Waals surface area contributed by atoms with E-state index in [0.29, 0.717) is 23.2 Å². The van der Waals surface area contributed by atoms with Crippen LogP contribution in [0, 0.1) is 17.0 Å². The third-order valence-corrected chi connectivity index (χ3v) is 5.99. The number of carbonyl (C=O) groups excluding carboxylic acids is 1. The Morgan fingerprint density at radius 3 is 2.48 bits per heavy atom. The molecular formula is C20H21ClN4O3S.